The van der Waals surface area contributed by atoms with Crippen LogP contribution in [0.5, 0.6) is 11.5 Å². The predicted octanol–water partition coefficient (Wildman–Crippen LogP) is 4.57. The van der Waals surface area contributed by atoms with Gasteiger partial charge in [-0.1, -0.05) is 46.6 Å². The third-order valence-corrected chi connectivity index (χ3v) is 6.04. The molecule has 3 aromatic rings. The summed E-state index contributed by atoms with van der Waals surface area (Å²) in [5.41, 5.74) is 2.62. The van der Waals surface area contributed by atoms with Crippen LogP contribution in [-0.4, -0.2) is 48.3 Å². The first-order chi connectivity index (χ1) is 16.0. The summed E-state index contributed by atoms with van der Waals surface area (Å²) < 4.78 is 16.1. The molecule has 0 aliphatic carbocycles. The number of carbonyl (C=O) groups excluding carboxylic acids is 1. The zero-order chi connectivity index (χ0) is 23.4. The van der Waals surface area contributed by atoms with Crippen molar-refractivity contribution in [3.63, 3.8) is 0 Å². The molecule has 1 N–H and O–H groups in total. The minimum Gasteiger partial charge on any atom is -0.495 e. The fraction of sp³-hybridized carbons (Fsp3) is 0.375. The van der Waals surface area contributed by atoms with Crippen molar-refractivity contribution in [3.05, 3.63) is 52.9 Å². The summed E-state index contributed by atoms with van der Waals surface area (Å²) >= 11 is 6.17. The minimum absolute atomic E-state index is 0.0757. The molecule has 1 aromatic heterocycles. The van der Waals surface area contributed by atoms with Crippen molar-refractivity contribution in [1.29, 1.82) is 0 Å². The van der Waals surface area contributed by atoms with Gasteiger partial charge in [0.1, 0.15) is 11.5 Å². The summed E-state index contributed by atoms with van der Waals surface area (Å²) in [7, 11) is 3.06. The third-order valence-electron chi connectivity index (χ3n) is 5.74. The zero-order valence-electron chi connectivity index (χ0n) is 18.9. The molecule has 0 radical (unpaired) electrons. The molecule has 9 heteroatoms. The van der Waals surface area contributed by atoms with Crippen molar-refractivity contribution in [3.8, 4) is 22.9 Å². The molecule has 2 heterocycles. The molecule has 1 unspecified atom stereocenters. The normalized spacial score (nSPS) is 16.4. The fourth-order valence-corrected chi connectivity index (χ4v) is 4.17. The smallest absolute Gasteiger partial charge is 0.241 e. The van der Waals surface area contributed by atoms with E-state index in [1.54, 1.807) is 12.1 Å². The van der Waals surface area contributed by atoms with E-state index in [0.29, 0.717) is 47.0 Å². The quantitative estimate of drug-likeness (QED) is 0.541. The second-order valence-corrected chi connectivity index (χ2v) is 8.54. The van der Waals surface area contributed by atoms with Crippen LogP contribution in [0.4, 0.5) is 5.69 Å². The lowest BCUT2D eigenvalue weighted by atomic mass is 9.97. The van der Waals surface area contributed by atoms with Gasteiger partial charge in [-0.2, -0.15) is 4.98 Å². The summed E-state index contributed by atoms with van der Waals surface area (Å²) in [5.74, 6) is 1.81. The molecular formula is C24H27ClN4O4. The molecular weight excluding hydrogens is 444 g/mol. The van der Waals surface area contributed by atoms with E-state index in [1.807, 2.05) is 31.2 Å². The van der Waals surface area contributed by atoms with Gasteiger partial charge in [-0.05, 0) is 26.3 Å². The van der Waals surface area contributed by atoms with Crippen LogP contribution in [0, 0.1) is 12.8 Å². The average Bonchev–Trinajstić information content (AvgIpc) is 3.28. The molecule has 1 amide bonds. The Labute approximate surface area is 197 Å². The second-order valence-electron chi connectivity index (χ2n) is 8.13. The molecule has 0 spiro atoms. The summed E-state index contributed by atoms with van der Waals surface area (Å²) in [6.45, 7) is 4.00. The molecule has 4 rings (SSSR count). The number of rotatable bonds is 7. The van der Waals surface area contributed by atoms with Crippen LogP contribution in [0.3, 0.4) is 0 Å². The standard InChI is InChI=1S/C24H27ClN4O4/c1-15-6-8-16(9-7-15)23-27-22(33-28-23)14-29-10-4-5-17(13-29)24(30)26-19-12-20(31-2)18(25)11-21(19)32-3/h6-9,11-12,17H,4-5,10,13-14H2,1-3H3,(H,26,30). The van der Waals surface area contributed by atoms with Crippen LogP contribution < -0.4 is 14.8 Å². The number of nitrogens with one attached hydrogen (secondary N) is 1. The largest absolute Gasteiger partial charge is 0.495 e. The van der Waals surface area contributed by atoms with E-state index < -0.39 is 0 Å². The van der Waals surface area contributed by atoms with Gasteiger partial charge >= 0.3 is 0 Å². The molecule has 174 valence electrons. The van der Waals surface area contributed by atoms with Crippen LogP contribution in [-0.2, 0) is 11.3 Å². The number of hydrogen-bond donors (Lipinski definition) is 1. The number of benzene rings is 2. The van der Waals surface area contributed by atoms with E-state index >= 15 is 0 Å². The highest BCUT2D eigenvalue weighted by atomic mass is 35.5. The highest BCUT2D eigenvalue weighted by molar-refractivity contribution is 6.32. The van der Waals surface area contributed by atoms with Gasteiger partial charge < -0.3 is 19.3 Å². The maximum atomic E-state index is 13.0. The van der Waals surface area contributed by atoms with Crippen LogP contribution >= 0.6 is 11.6 Å². The Kier molecular flexibility index (Phi) is 7.15. The van der Waals surface area contributed by atoms with E-state index in [4.69, 9.17) is 25.6 Å². The fourth-order valence-electron chi connectivity index (χ4n) is 3.94. The molecule has 2 aromatic carbocycles. The molecule has 1 aliphatic rings. The zero-order valence-corrected chi connectivity index (χ0v) is 19.7. The Balaban J connectivity index is 1.40. The van der Waals surface area contributed by atoms with Crippen molar-refractivity contribution in [2.75, 3.05) is 32.6 Å². The Hall–Kier alpha value is -3.10. The number of hydrogen-bond acceptors (Lipinski definition) is 7. The number of amides is 1. The number of methoxy groups -OCH3 is 2. The van der Waals surface area contributed by atoms with Crippen molar-refractivity contribution < 1.29 is 18.8 Å². The highest BCUT2D eigenvalue weighted by Gasteiger charge is 2.28. The van der Waals surface area contributed by atoms with Crippen molar-refractivity contribution in [1.82, 2.24) is 15.0 Å². The van der Waals surface area contributed by atoms with Crippen LogP contribution in [0.2, 0.25) is 5.02 Å². The van der Waals surface area contributed by atoms with Gasteiger partial charge in [-0.15, -0.1) is 0 Å². The molecule has 1 fully saturated rings. The van der Waals surface area contributed by atoms with Crippen molar-refractivity contribution in [2.45, 2.75) is 26.3 Å². The lowest BCUT2D eigenvalue weighted by Gasteiger charge is -2.31. The van der Waals surface area contributed by atoms with Gasteiger partial charge in [0.15, 0.2) is 0 Å². The second kappa shape index (κ2) is 10.2. The summed E-state index contributed by atoms with van der Waals surface area (Å²) in [4.78, 5) is 19.7. The molecule has 1 aliphatic heterocycles. The topological polar surface area (TPSA) is 89.7 Å². The van der Waals surface area contributed by atoms with Gasteiger partial charge in [0.05, 0.1) is 37.4 Å². The number of anilines is 1. The van der Waals surface area contributed by atoms with E-state index in [-0.39, 0.29) is 11.8 Å². The average molecular weight is 471 g/mol. The van der Waals surface area contributed by atoms with Crippen LogP contribution in [0.25, 0.3) is 11.4 Å². The molecule has 1 atom stereocenters. The first-order valence-electron chi connectivity index (χ1n) is 10.8. The maximum Gasteiger partial charge on any atom is 0.241 e. The predicted molar refractivity (Wildman–Crippen MR) is 126 cm³/mol. The first kappa shape index (κ1) is 23.1. The lowest BCUT2D eigenvalue weighted by Crippen LogP contribution is -2.40. The van der Waals surface area contributed by atoms with E-state index in [2.05, 4.69) is 20.4 Å². The van der Waals surface area contributed by atoms with Crippen LogP contribution in [0.15, 0.2) is 40.9 Å². The summed E-state index contributed by atoms with van der Waals surface area (Å²) in [5, 5.41) is 7.49. The number of carbonyl (C=O) groups is 1. The molecule has 1 saturated heterocycles. The number of piperidine rings is 1. The van der Waals surface area contributed by atoms with Gasteiger partial charge in [-0.3, -0.25) is 9.69 Å². The van der Waals surface area contributed by atoms with Crippen molar-refractivity contribution >= 4 is 23.2 Å². The molecule has 0 saturated carbocycles. The number of nitrogens with zero attached hydrogens (tertiary/aromatic N) is 3. The minimum atomic E-state index is -0.176. The molecule has 0 bridgehead atoms. The molecule has 33 heavy (non-hydrogen) atoms. The van der Waals surface area contributed by atoms with E-state index in [0.717, 1.165) is 24.9 Å². The Morgan fingerprint density at radius 3 is 2.70 bits per heavy atom. The number of halogens is 1. The monoisotopic (exact) mass is 470 g/mol. The lowest BCUT2D eigenvalue weighted by molar-refractivity contribution is -0.121. The Bertz CT molecular complexity index is 1120. The number of aromatic nitrogens is 2. The SMILES string of the molecule is COc1cc(NC(=O)C2CCCN(Cc3nc(-c4ccc(C)cc4)no3)C2)c(OC)cc1Cl. The number of ether oxygens (including phenoxy) is 2. The third kappa shape index (κ3) is 5.46. The number of likely N-dealkylation sites (tertiary alicyclic amines) is 1. The summed E-state index contributed by atoms with van der Waals surface area (Å²) in [6, 6.07) is 11.3. The van der Waals surface area contributed by atoms with Gasteiger partial charge in [0, 0.05) is 24.2 Å². The Morgan fingerprint density at radius 2 is 1.97 bits per heavy atom. The van der Waals surface area contributed by atoms with Gasteiger partial charge in [0.25, 0.3) is 0 Å². The maximum absolute atomic E-state index is 13.0. The molecule has 8 nitrogen and oxygen atoms in total. The van der Waals surface area contributed by atoms with E-state index in [1.165, 1.54) is 19.8 Å². The van der Waals surface area contributed by atoms with Crippen LogP contribution in [0.1, 0.15) is 24.3 Å². The highest BCUT2D eigenvalue weighted by Crippen LogP contribution is 2.36. The summed E-state index contributed by atoms with van der Waals surface area (Å²) in [6.07, 6.45) is 1.70. The van der Waals surface area contributed by atoms with Gasteiger partial charge in [-0.25, -0.2) is 0 Å². The van der Waals surface area contributed by atoms with Gasteiger partial charge in [0.2, 0.25) is 17.6 Å². The van der Waals surface area contributed by atoms with Crippen molar-refractivity contribution in [2.24, 2.45) is 5.92 Å². The first-order valence-corrected chi connectivity index (χ1v) is 11.2. The number of aryl methyl sites for hydroxylation is 1. The Morgan fingerprint density at radius 1 is 1.21 bits per heavy atom. The van der Waals surface area contributed by atoms with E-state index in [9.17, 15) is 4.79 Å².